The number of nitrogens with one attached hydrogen (secondary N) is 2. The van der Waals surface area contributed by atoms with E-state index in [1.54, 1.807) is 10.7 Å². The lowest BCUT2D eigenvalue weighted by atomic mass is 10.3. The highest BCUT2D eigenvalue weighted by Gasteiger charge is 2.30. The van der Waals surface area contributed by atoms with Gasteiger partial charge in [0.1, 0.15) is 5.82 Å². The summed E-state index contributed by atoms with van der Waals surface area (Å²) in [5.74, 6) is 1.27. The minimum Gasteiger partial charge on any atom is -0.364 e. The Morgan fingerprint density at radius 2 is 2.13 bits per heavy atom. The molecule has 1 aliphatic carbocycles. The molecular formula is C16H16N6O. The molecule has 0 spiro atoms. The second-order valence-corrected chi connectivity index (χ2v) is 5.55. The van der Waals surface area contributed by atoms with Gasteiger partial charge in [-0.25, -0.2) is 0 Å². The Morgan fingerprint density at radius 3 is 2.91 bits per heavy atom. The van der Waals surface area contributed by atoms with E-state index in [1.807, 2.05) is 36.4 Å². The first-order valence-electron chi connectivity index (χ1n) is 7.60. The van der Waals surface area contributed by atoms with Crippen molar-refractivity contribution in [3.05, 3.63) is 48.3 Å². The Bertz CT molecular complexity index is 840. The molecule has 0 unspecified atom stereocenters. The van der Waals surface area contributed by atoms with Gasteiger partial charge in [0, 0.05) is 12.1 Å². The number of anilines is 2. The number of nitrogens with zero attached hydrogens (tertiary/aromatic N) is 4. The van der Waals surface area contributed by atoms with E-state index in [9.17, 15) is 4.79 Å². The van der Waals surface area contributed by atoms with Crippen LogP contribution in [0.15, 0.2) is 42.6 Å². The van der Waals surface area contributed by atoms with Gasteiger partial charge in [-0.15, -0.1) is 5.10 Å². The summed E-state index contributed by atoms with van der Waals surface area (Å²) in [5, 5.41) is 10.4. The summed E-state index contributed by atoms with van der Waals surface area (Å²) < 4.78 is 1.69. The van der Waals surface area contributed by atoms with Gasteiger partial charge in [0.15, 0.2) is 5.65 Å². The molecule has 1 fully saturated rings. The van der Waals surface area contributed by atoms with Crippen LogP contribution in [0.5, 0.6) is 0 Å². The van der Waals surface area contributed by atoms with Crippen molar-refractivity contribution in [3.63, 3.8) is 0 Å². The topological polar surface area (TPSA) is 84.2 Å². The maximum absolute atomic E-state index is 11.8. The summed E-state index contributed by atoms with van der Waals surface area (Å²) in [6.07, 6.45) is 3.67. The first-order chi connectivity index (χ1) is 11.3. The summed E-state index contributed by atoms with van der Waals surface area (Å²) >= 11 is 0. The van der Waals surface area contributed by atoms with E-state index < -0.39 is 0 Å². The number of rotatable bonds is 5. The molecular weight excluding hydrogens is 292 g/mol. The van der Waals surface area contributed by atoms with Gasteiger partial charge in [-0.1, -0.05) is 12.1 Å². The van der Waals surface area contributed by atoms with Crippen molar-refractivity contribution in [2.45, 2.75) is 19.4 Å². The average molecular weight is 308 g/mol. The van der Waals surface area contributed by atoms with Gasteiger partial charge in [-0.3, -0.25) is 15.1 Å². The van der Waals surface area contributed by atoms with E-state index in [0.717, 1.165) is 24.4 Å². The minimum absolute atomic E-state index is 0.00361. The molecule has 3 aromatic heterocycles. The molecule has 0 radical (unpaired) electrons. The largest absolute Gasteiger partial charge is 0.364 e. The number of carbonyl (C=O) groups is 1. The summed E-state index contributed by atoms with van der Waals surface area (Å²) in [5.41, 5.74) is 1.62. The van der Waals surface area contributed by atoms with Gasteiger partial charge in [0.2, 0.25) is 11.9 Å². The molecule has 1 saturated carbocycles. The van der Waals surface area contributed by atoms with Crippen LogP contribution in [0.4, 0.5) is 11.8 Å². The van der Waals surface area contributed by atoms with Crippen LogP contribution in [0.2, 0.25) is 0 Å². The lowest BCUT2D eigenvalue weighted by molar-refractivity contribution is -0.117. The predicted octanol–water partition coefficient (Wildman–Crippen LogP) is 2.08. The van der Waals surface area contributed by atoms with Gasteiger partial charge in [-0.05, 0) is 37.1 Å². The number of carbonyl (C=O) groups excluding carboxylic acids is 1. The minimum atomic E-state index is 0.00361. The molecule has 0 atom stereocenters. The normalized spacial score (nSPS) is 13.9. The number of pyridine rings is 2. The third-order valence-electron chi connectivity index (χ3n) is 3.72. The third-order valence-corrected chi connectivity index (χ3v) is 3.72. The zero-order chi connectivity index (χ0) is 15.6. The van der Waals surface area contributed by atoms with Gasteiger partial charge in [0.05, 0.1) is 12.2 Å². The van der Waals surface area contributed by atoms with Crippen molar-refractivity contribution in [1.29, 1.82) is 0 Å². The standard InChI is InChI=1S/C16H16N6O/c23-15(11-7-8-11)20-16-19-14-6-3-5-13(22(14)21-16)18-10-12-4-1-2-9-17-12/h1-6,9,11,18H,7-8,10H2,(H,20,21,23). The van der Waals surface area contributed by atoms with Crippen molar-refractivity contribution >= 4 is 23.3 Å². The zero-order valence-corrected chi connectivity index (χ0v) is 12.4. The number of hydrogen-bond donors (Lipinski definition) is 2. The Balaban J connectivity index is 1.54. The summed E-state index contributed by atoms with van der Waals surface area (Å²) in [6.45, 7) is 0.587. The molecule has 2 N–H and O–H groups in total. The van der Waals surface area contributed by atoms with Crippen LogP contribution in [0.3, 0.4) is 0 Å². The van der Waals surface area contributed by atoms with Gasteiger partial charge in [0.25, 0.3) is 0 Å². The van der Waals surface area contributed by atoms with Crippen LogP contribution < -0.4 is 10.6 Å². The highest BCUT2D eigenvalue weighted by Crippen LogP contribution is 2.29. The molecule has 116 valence electrons. The SMILES string of the molecule is O=C(Nc1nc2cccc(NCc3ccccn3)n2n1)C1CC1. The molecule has 1 aliphatic rings. The molecule has 1 amide bonds. The van der Waals surface area contributed by atoms with Crippen molar-refractivity contribution in [2.24, 2.45) is 5.92 Å². The second kappa shape index (κ2) is 5.68. The van der Waals surface area contributed by atoms with Crippen molar-refractivity contribution < 1.29 is 4.79 Å². The zero-order valence-electron chi connectivity index (χ0n) is 12.4. The summed E-state index contributed by atoms with van der Waals surface area (Å²) in [6, 6.07) is 11.5. The molecule has 0 bridgehead atoms. The molecule has 3 heterocycles. The highest BCUT2D eigenvalue weighted by atomic mass is 16.2. The van der Waals surface area contributed by atoms with Crippen molar-refractivity contribution in [3.8, 4) is 0 Å². The van der Waals surface area contributed by atoms with E-state index in [0.29, 0.717) is 18.1 Å². The van der Waals surface area contributed by atoms with E-state index >= 15 is 0 Å². The molecule has 0 saturated heterocycles. The Kier molecular flexibility index (Phi) is 3.38. The predicted molar refractivity (Wildman–Crippen MR) is 85.9 cm³/mol. The van der Waals surface area contributed by atoms with E-state index in [-0.39, 0.29) is 11.8 Å². The molecule has 4 rings (SSSR count). The van der Waals surface area contributed by atoms with Crippen LogP contribution in [-0.2, 0) is 11.3 Å². The summed E-state index contributed by atoms with van der Waals surface area (Å²) in [7, 11) is 0. The fourth-order valence-electron chi connectivity index (χ4n) is 2.33. The van der Waals surface area contributed by atoms with Crippen molar-refractivity contribution in [2.75, 3.05) is 10.6 Å². The third kappa shape index (κ3) is 2.98. The molecule has 7 nitrogen and oxygen atoms in total. The van der Waals surface area contributed by atoms with Crippen LogP contribution in [0.25, 0.3) is 5.65 Å². The van der Waals surface area contributed by atoms with E-state index in [4.69, 9.17) is 0 Å². The molecule has 23 heavy (non-hydrogen) atoms. The van der Waals surface area contributed by atoms with E-state index in [1.165, 1.54) is 0 Å². The molecule has 3 aromatic rings. The summed E-state index contributed by atoms with van der Waals surface area (Å²) in [4.78, 5) is 20.4. The first kappa shape index (κ1) is 13.7. The second-order valence-electron chi connectivity index (χ2n) is 5.55. The number of hydrogen-bond acceptors (Lipinski definition) is 5. The number of amides is 1. The van der Waals surface area contributed by atoms with E-state index in [2.05, 4.69) is 25.7 Å². The lowest BCUT2D eigenvalue weighted by Crippen LogP contribution is -2.14. The highest BCUT2D eigenvalue weighted by molar-refractivity contribution is 5.92. The lowest BCUT2D eigenvalue weighted by Gasteiger charge is -2.06. The molecule has 0 aromatic carbocycles. The fraction of sp³-hybridized carbons (Fsp3) is 0.250. The Morgan fingerprint density at radius 1 is 1.22 bits per heavy atom. The number of aromatic nitrogens is 4. The molecule has 7 heteroatoms. The maximum Gasteiger partial charge on any atom is 0.249 e. The van der Waals surface area contributed by atoms with Crippen LogP contribution in [-0.4, -0.2) is 25.5 Å². The van der Waals surface area contributed by atoms with Gasteiger partial charge in [-0.2, -0.15) is 9.50 Å². The number of fused-ring (bicyclic) bond motifs is 1. The van der Waals surface area contributed by atoms with Gasteiger partial charge >= 0.3 is 0 Å². The van der Waals surface area contributed by atoms with Crippen LogP contribution in [0.1, 0.15) is 18.5 Å². The monoisotopic (exact) mass is 308 g/mol. The van der Waals surface area contributed by atoms with Crippen LogP contribution >= 0.6 is 0 Å². The Hall–Kier alpha value is -2.96. The maximum atomic E-state index is 11.8. The smallest absolute Gasteiger partial charge is 0.249 e. The fourth-order valence-corrected chi connectivity index (χ4v) is 2.33. The first-order valence-corrected chi connectivity index (χ1v) is 7.60. The van der Waals surface area contributed by atoms with Gasteiger partial charge < -0.3 is 5.32 Å². The van der Waals surface area contributed by atoms with Crippen LogP contribution in [0, 0.1) is 5.92 Å². The van der Waals surface area contributed by atoms with Crippen molar-refractivity contribution in [1.82, 2.24) is 19.6 Å². The quantitative estimate of drug-likeness (QED) is 0.754. The Labute approximate surface area is 132 Å². The molecule has 0 aliphatic heterocycles. The average Bonchev–Trinajstić information content (AvgIpc) is 3.34.